The molecule has 0 heterocycles. The largest absolute Gasteiger partial charge is 0.298 e. The molecule has 1 rings (SSSR count). The van der Waals surface area contributed by atoms with Crippen LogP contribution in [-0.4, -0.2) is 36.1 Å². The van der Waals surface area contributed by atoms with Crippen molar-refractivity contribution in [2.24, 2.45) is 5.92 Å². The number of likely N-dealkylation sites (N-methyl/N-ethyl adjacent to an activating group) is 1. The summed E-state index contributed by atoms with van der Waals surface area (Å²) in [6, 6.07) is 3.16. The lowest BCUT2D eigenvalue weighted by atomic mass is 9.93. The first-order chi connectivity index (χ1) is 8.63. The average molecular weight is 251 g/mol. The summed E-state index contributed by atoms with van der Waals surface area (Å²) >= 11 is 0. The van der Waals surface area contributed by atoms with Gasteiger partial charge in [0.1, 0.15) is 5.54 Å². The summed E-state index contributed by atoms with van der Waals surface area (Å²) in [6.45, 7) is 11.7. The summed E-state index contributed by atoms with van der Waals surface area (Å²) < 4.78 is 0. The highest BCUT2D eigenvalue weighted by molar-refractivity contribution is 5.16. The van der Waals surface area contributed by atoms with Gasteiger partial charge in [0.2, 0.25) is 0 Å². The number of hydrogen-bond acceptors (Lipinski definition) is 3. The predicted molar refractivity (Wildman–Crippen MR) is 76.4 cm³/mol. The number of hydrogen-bond donors (Lipinski definition) is 1. The Kier molecular flexibility index (Phi) is 6.11. The second kappa shape index (κ2) is 7.11. The van der Waals surface area contributed by atoms with Crippen molar-refractivity contribution in [2.45, 2.75) is 65.0 Å². The smallest absolute Gasteiger partial charge is 0.122 e. The van der Waals surface area contributed by atoms with Crippen molar-refractivity contribution in [1.29, 1.82) is 5.26 Å². The van der Waals surface area contributed by atoms with Crippen molar-refractivity contribution < 1.29 is 0 Å². The lowest BCUT2D eigenvalue weighted by Gasteiger charge is -2.36. The molecule has 3 heteroatoms. The van der Waals surface area contributed by atoms with E-state index in [9.17, 15) is 5.26 Å². The van der Waals surface area contributed by atoms with Gasteiger partial charge in [-0.25, -0.2) is 0 Å². The van der Waals surface area contributed by atoms with Gasteiger partial charge in [-0.05, 0) is 51.6 Å². The summed E-state index contributed by atoms with van der Waals surface area (Å²) in [7, 11) is 0. The molecule has 1 aliphatic rings. The van der Waals surface area contributed by atoms with E-state index in [4.69, 9.17) is 0 Å². The monoisotopic (exact) mass is 251 g/mol. The summed E-state index contributed by atoms with van der Waals surface area (Å²) in [6.07, 6.45) is 4.66. The standard InChI is InChI=1S/C15H29N3/c1-5-10-17-15(11-16,14-8-9-14)12-18(7-3)13(4)6-2/h13-14,17H,5-10,12H2,1-4H3. The van der Waals surface area contributed by atoms with E-state index in [2.05, 4.69) is 44.0 Å². The van der Waals surface area contributed by atoms with E-state index in [1.54, 1.807) is 0 Å². The van der Waals surface area contributed by atoms with Crippen LogP contribution >= 0.6 is 0 Å². The van der Waals surface area contributed by atoms with E-state index in [1.807, 2.05) is 0 Å². The Balaban J connectivity index is 2.73. The second-order valence-corrected chi connectivity index (χ2v) is 5.60. The number of rotatable bonds is 9. The van der Waals surface area contributed by atoms with E-state index in [1.165, 1.54) is 12.8 Å². The van der Waals surface area contributed by atoms with Crippen LogP contribution in [0.4, 0.5) is 0 Å². The maximum Gasteiger partial charge on any atom is 0.122 e. The number of nitrogens with one attached hydrogen (secondary N) is 1. The third-order valence-corrected chi connectivity index (χ3v) is 4.24. The van der Waals surface area contributed by atoms with Crippen LogP contribution < -0.4 is 5.32 Å². The fourth-order valence-corrected chi connectivity index (χ4v) is 2.58. The van der Waals surface area contributed by atoms with Crippen LogP contribution in [0.3, 0.4) is 0 Å². The Labute approximate surface area is 113 Å². The Morgan fingerprint density at radius 2 is 2.06 bits per heavy atom. The molecule has 0 radical (unpaired) electrons. The van der Waals surface area contributed by atoms with Crippen molar-refractivity contribution in [3.63, 3.8) is 0 Å². The van der Waals surface area contributed by atoms with E-state index in [0.29, 0.717) is 12.0 Å². The molecule has 2 atom stereocenters. The molecular weight excluding hydrogens is 222 g/mol. The van der Waals surface area contributed by atoms with Crippen molar-refractivity contribution in [3.8, 4) is 6.07 Å². The molecular formula is C15H29N3. The highest BCUT2D eigenvalue weighted by Crippen LogP contribution is 2.40. The van der Waals surface area contributed by atoms with Crippen molar-refractivity contribution >= 4 is 0 Å². The molecule has 3 nitrogen and oxygen atoms in total. The molecule has 0 saturated heterocycles. The Hall–Kier alpha value is -0.590. The molecule has 0 spiro atoms. The van der Waals surface area contributed by atoms with Gasteiger partial charge in [0, 0.05) is 12.6 Å². The zero-order valence-corrected chi connectivity index (χ0v) is 12.5. The minimum Gasteiger partial charge on any atom is -0.298 e. The fourth-order valence-electron chi connectivity index (χ4n) is 2.58. The van der Waals surface area contributed by atoms with Gasteiger partial charge in [-0.1, -0.05) is 20.8 Å². The molecule has 0 aromatic carbocycles. The molecule has 18 heavy (non-hydrogen) atoms. The van der Waals surface area contributed by atoms with Crippen LogP contribution in [0, 0.1) is 17.2 Å². The van der Waals surface area contributed by atoms with Gasteiger partial charge >= 0.3 is 0 Å². The van der Waals surface area contributed by atoms with Crippen molar-refractivity contribution in [1.82, 2.24) is 10.2 Å². The summed E-state index contributed by atoms with van der Waals surface area (Å²) in [4.78, 5) is 2.45. The van der Waals surface area contributed by atoms with Crippen LogP contribution in [0.5, 0.6) is 0 Å². The normalized spacial score (nSPS) is 20.4. The Morgan fingerprint density at radius 1 is 1.39 bits per heavy atom. The quantitative estimate of drug-likeness (QED) is 0.685. The summed E-state index contributed by atoms with van der Waals surface area (Å²) in [5.74, 6) is 0.562. The molecule has 1 aliphatic carbocycles. The average Bonchev–Trinajstić information content (AvgIpc) is 3.23. The minimum absolute atomic E-state index is 0.310. The highest BCUT2D eigenvalue weighted by atomic mass is 15.2. The van der Waals surface area contributed by atoms with E-state index in [-0.39, 0.29) is 5.54 Å². The lowest BCUT2D eigenvalue weighted by molar-refractivity contribution is 0.157. The SMILES string of the molecule is CCCNC(C#N)(CN(CC)C(C)CC)C1CC1. The number of nitrogens with zero attached hydrogens (tertiary/aromatic N) is 2. The Morgan fingerprint density at radius 3 is 2.44 bits per heavy atom. The predicted octanol–water partition coefficient (Wildman–Crippen LogP) is 2.78. The molecule has 104 valence electrons. The van der Waals surface area contributed by atoms with Gasteiger partial charge in [0.05, 0.1) is 6.07 Å². The fraction of sp³-hybridized carbons (Fsp3) is 0.933. The minimum atomic E-state index is -0.310. The molecule has 0 aliphatic heterocycles. The first kappa shape index (κ1) is 15.5. The van der Waals surface area contributed by atoms with Gasteiger partial charge in [-0.2, -0.15) is 5.26 Å². The molecule has 0 bridgehead atoms. The van der Waals surface area contributed by atoms with E-state index < -0.39 is 0 Å². The topological polar surface area (TPSA) is 39.1 Å². The third-order valence-electron chi connectivity index (χ3n) is 4.24. The zero-order chi connectivity index (χ0) is 13.6. The first-order valence-electron chi connectivity index (χ1n) is 7.53. The lowest BCUT2D eigenvalue weighted by Crippen LogP contribution is -2.56. The van der Waals surface area contributed by atoms with Crippen LogP contribution in [-0.2, 0) is 0 Å². The van der Waals surface area contributed by atoms with Crippen LogP contribution in [0.15, 0.2) is 0 Å². The molecule has 2 unspecified atom stereocenters. The maximum absolute atomic E-state index is 9.67. The van der Waals surface area contributed by atoms with Crippen LogP contribution in [0.2, 0.25) is 0 Å². The van der Waals surface area contributed by atoms with Gasteiger partial charge in [0.15, 0.2) is 0 Å². The van der Waals surface area contributed by atoms with Gasteiger partial charge in [-0.3, -0.25) is 10.2 Å². The summed E-state index contributed by atoms with van der Waals surface area (Å²) in [5, 5.41) is 13.2. The van der Waals surface area contributed by atoms with E-state index >= 15 is 0 Å². The second-order valence-electron chi connectivity index (χ2n) is 5.60. The van der Waals surface area contributed by atoms with Gasteiger partial charge < -0.3 is 0 Å². The molecule has 1 N–H and O–H groups in total. The van der Waals surface area contributed by atoms with E-state index in [0.717, 1.165) is 32.5 Å². The highest BCUT2D eigenvalue weighted by Gasteiger charge is 2.46. The van der Waals surface area contributed by atoms with Gasteiger partial charge in [0.25, 0.3) is 0 Å². The van der Waals surface area contributed by atoms with Crippen molar-refractivity contribution in [2.75, 3.05) is 19.6 Å². The molecule has 1 fully saturated rings. The van der Waals surface area contributed by atoms with Crippen LogP contribution in [0.1, 0.15) is 53.4 Å². The first-order valence-corrected chi connectivity index (χ1v) is 7.53. The molecule has 0 aromatic rings. The molecule has 1 saturated carbocycles. The molecule has 0 aromatic heterocycles. The van der Waals surface area contributed by atoms with Gasteiger partial charge in [-0.15, -0.1) is 0 Å². The molecule has 0 amide bonds. The third kappa shape index (κ3) is 3.70. The van der Waals surface area contributed by atoms with Crippen LogP contribution in [0.25, 0.3) is 0 Å². The number of nitriles is 1. The maximum atomic E-state index is 9.67. The zero-order valence-electron chi connectivity index (χ0n) is 12.5. The van der Waals surface area contributed by atoms with Crippen molar-refractivity contribution in [3.05, 3.63) is 0 Å². The Bertz CT molecular complexity index is 280. The summed E-state index contributed by atoms with van der Waals surface area (Å²) in [5.41, 5.74) is -0.310.